The number of aromatic nitrogens is 2. The van der Waals surface area contributed by atoms with Gasteiger partial charge in [-0.2, -0.15) is 0 Å². The second-order valence-corrected chi connectivity index (χ2v) is 3.60. The van der Waals surface area contributed by atoms with Crippen LogP contribution in [0.15, 0.2) is 12.3 Å². The molecule has 0 atom stereocenters. The third-order valence-corrected chi connectivity index (χ3v) is 2.70. The van der Waals surface area contributed by atoms with E-state index in [1.807, 2.05) is 0 Å². The van der Waals surface area contributed by atoms with Gasteiger partial charge in [-0.1, -0.05) is 0 Å². The Morgan fingerprint density at radius 1 is 1.15 bits per heavy atom. The van der Waals surface area contributed by atoms with Crippen molar-refractivity contribution in [2.24, 2.45) is 7.05 Å². The quantitative estimate of drug-likeness (QED) is 0.600. The Morgan fingerprint density at radius 2 is 1.85 bits per heavy atom. The zero-order chi connectivity index (χ0) is 9.59. The van der Waals surface area contributed by atoms with Crippen molar-refractivity contribution >= 4 is 10.9 Å². The second kappa shape index (κ2) is 2.59. The molecule has 0 radical (unpaired) electrons. The first-order chi connectivity index (χ1) is 6.11. The molecule has 0 spiro atoms. The van der Waals surface area contributed by atoms with Crippen LogP contribution in [0.4, 0.5) is 0 Å². The highest BCUT2D eigenvalue weighted by molar-refractivity contribution is 5.85. The van der Waals surface area contributed by atoms with Gasteiger partial charge in [-0.25, -0.2) is 0 Å². The van der Waals surface area contributed by atoms with Crippen LogP contribution < -0.4 is 0 Å². The summed E-state index contributed by atoms with van der Waals surface area (Å²) in [5, 5.41) is 1.27. The summed E-state index contributed by atoms with van der Waals surface area (Å²) in [4.78, 5) is 4.50. The highest BCUT2D eigenvalue weighted by Crippen LogP contribution is 2.22. The molecule has 0 aliphatic rings. The van der Waals surface area contributed by atoms with Crippen molar-refractivity contribution in [2.75, 3.05) is 0 Å². The Labute approximate surface area is 78.2 Å². The van der Waals surface area contributed by atoms with Crippen LogP contribution in [-0.4, -0.2) is 9.55 Å². The van der Waals surface area contributed by atoms with Crippen molar-refractivity contribution < 1.29 is 0 Å². The van der Waals surface area contributed by atoms with Gasteiger partial charge < -0.3 is 4.57 Å². The Hall–Kier alpha value is -1.31. The first kappa shape index (κ1) is 8.30. The lowest BCUT2D eigenvalue weighted by molar-refractivity contribution is 0.957. The fraction of sp³-hybridized carbons (Fsp3) is 0.364. The largest absolute Gasteiger partial charge is 0.350 e. The average Bonchev–Trinajstić information content (AvgIpc) is 2.44. The van der Waals surface area contributed by atoms with E-state index in [9.17, 15) is 0 Å². The monoisotopic (exact) mass is 174 g/mol. The van der Waals surface area contributed by atoms with Crippen molar-refractivity contribution in [2.45, 2.75) is 20.8 Å². The molecular formula is C11H14N2. The Kier molecular flexibility index (Phi) is 1.65. The van der Waals surface area contributed by atoms with E-state index >= 15 is 0 Å². The normalized spacial score (nSPS) is 11.1. The Balaban J connectivity index is 3.00. The summed E-state index contributed by atoms with van der Waals surface area (Å²) in [5.41, 5.74) is 4.85. The van der Waals surface area contributed by atoms with Crippen molar-refractivity contribution in [3.8, 4) is 0 Å². The topological polar surface area (TPSA) is 17.8 Å². The van der Waals surface area contributed by atoms with E-state index in [4.69, 9.17) is 0 Å². The van der Waals surface area contributed by atoms with E-state index in [0.717, 1.165) is 11.4 Å². The molecule has 0 saturated heterocycles. The summed E-state index contributed by atoms with van der Waals surface area (Å²) in [6.45, 7) is 6.26. The minimum atomic E-state index is 1.12. The Bertz CT molecular complexity index is 466. The maximum atomic E-state index is 4.50. The molecule has 0 bridgehead atoms. The highest BCUT2D eigenvalue weighted by atomic mass is 14.9. The molecule has 2 heteroatoms. The van der Waals surface area contributed by atoms with E-state index < -0.39 is 0 Å². The van der Waals surface area contributed by atoms with Gasteiger partial charge in [0, 0.05) is 30.0 Å². The minimum absolute atomic E-state index is 1.12. The van der Waals surface area contributed by atoms with Crippen molar-refractivity contribution in [3.63, 3.8) is 0 Å². The first-order valence-electron chi connectivity index (χ1n) is 4.50. The van der Waals surface area contributed by atoms with Gasteiger partial charge in [0.25, 0.3) is 0 Å². The molecular weight excluding hydrogens is 160 g/mol. The Morgan fingerprint density at radius 3 is 2.54 bits per heavy atom. The molecule has 2 aromatic heterocycles. The number of hydrogen-bond donors (Lipinski definition) is 0. The molecule has 0 saturated carbocycles. The molecule has 13 heavy (non-hydrogen) atoms. The van der Waals surface area contributed by atoms with Crippen LogP contribution in [0.5, 0.6) is 0 Å². The molecule has 2 nitrogen and oxygen atoms in total. The lowest BCUT2D eigenvalue weighted by Gasteiger charge is -2.06. The van der Waals surface area contributed by atoms with Crippen molar-refractivity contribution in [3.05, 3.63) is 29.2 Å². The van der Waals surface area contributed by atoms with Gasteiger partial charge in [0.05, 0.1) is 5.52 Å². The summed E-state index contributed by atoms with van der Waals surface area (Å²) in [6.07, 6.45) is 2.09. The van der Waals surface area contributed by atoms with E-state index in [2.05, 4.69) is 49.6 Å². The standard InChI is InChI=1S/C11H14N2/c1-7-8(2)12-9(3)10-5-6-13(4)11(7)10/h5-6H,1-4H3. The lowest BCUT2D eigenvalue weighted by atomic mass is 10.1. The predicted molar refractivity (Wildman–Crippen MR) is 54.9 cm³/mol. The number of aryl methyl sites for hydroxylation is 4. The van der Waals surface area contributed by atoms with E-state index in [-0.39, 0.29) is 0 Å². The SMILES string of the molecule is Cc1nc(C)c2ccn(C)c2c1C. The van der Waals surface area contributed by atoms with Crippen LogP contribution >= 0.6 is 0 Å². The molecule has 0 aromatic carbocycles. The van der Waals surface area contributed by atoms with Gasteiger partial charge >= 0.3 is 0 Å². The summed E-state index contributed by atoms with van der Waals surface area (Å²) in [6, 6.07) is 2.13. The number of hydrogen-bond acceptors (Lipinski definition) is 1. The number of fused-ring (bicyclic) bond motifs is 1. The van der Waals surface area contributed by atoms with Crippen LogP contribution in [0.25, 0.3) is 10.9 Å². The summed E-state index contributed by atoms with van der Waals surface area (Å²) >= 11 is 0. The fourth-order valence-electron chi connectivity index (χ4n) is 1.86. The molecule has 0 unspecified atom stereocenters. The summed E-state index contributed by atoms with van der Waals surface area (Å²) in [7, 11) is 2.08. The highest BCUT2D eigenvalue weighted by Gasteiger charge is 2.07. The molecule has 68 valence electrons. The van der Waals surface area contributed by atoms with Crippen LogP contribution in [0.1, 0.15) is 17.0 Å². The van der Waals surface area contributed by atoms with Crippen LogP contribution in [0, 0.1) is 20.8 Å². The third-order valence-electron chi connectivity index (χ3n) is 2.70. The maximum absolute atomic E-state index is 4.50. The van der Waals surface area contributed by atoms with Crippen molar-refractivity contribution in [1.82, 2.24) is 9.55 Å². The summed E-state index contributed by atoms with van der Waals surface area (Å²) in [5.74, 6) is 0. The molecule has 2 aromatic rings. The summed E-state index contributed by atoms with van der Waals surface area (Å²) < 4.78 is 2.16. The number of rotatable bonds is 0. The molecule has 0 N–H and O–H groups in total. The molecule has 2 rings (SSSR count). The van der Waals surface area contributed by atoms with Crippen LogP contribution in [0.2, 0.25) is 0 Å². The molecule has 0 fully saturated rings. The van der Waals surface area contributed by atoms with Gasteiger partial charge in [0.1, 0.15) is 0 Å². The maximum Gasteiger partial charge on any atom is 0.0543 e. The second-order valence-electron chi connectivity index (χ2n) is 3.60. The van der Waals surface area contributed by atoms with Crippen LogP contribution in [0.3, 0.4) is 0 Å². The first-order valence-corrected chi connectivity index (χ1v) is 4.50. The smallest absolute Gasteiger partial charge is 0.0543 e. The fourth-order valence-corrected chi connectivity index (χ4v) is 1.86. The van der Waals surface area contributed by atoms with Gasteiger partial charge in [0.15, 0.2) is 0 Å². The molecule has 0 amide bonds. The number of nitrogens with zero attached hydrogens (tertiary/aromatic N) is 2. The van der Waals surface area contributed by atoms with Gasteiger partial charge in [0.2, 0.25) is 0 Å². The van der Waals surface area contributed by atoms with E-state index in [1.54, 1.807) is 0 Å². The predicted octanol–water partition coefficient (Wildman–Crippen LogP) is 2.50. The zero-order valence-electron chi connectivity index (χ0n) is 8.55. The van der Waals surface area contributed by atoms with Crippen molar-refractivity contribution in [1.29, 1.82) is 0 Å². The van der Waals surface area contributed by atoms with Gasteiger partial charge in [-0.3, -0.25) is 4.98 Å². The molecule has 0 aliphatic carbocycles. The van der Waals surface area contributed by atoms with Crippen LogP contribution in [-0.2, 0) is 7.05 Å². The number of pyridine rings is 1. The minimum Gasteiger partial charge on any atom is -0.350 e. The zero-order valence-corrected chi connectivity index (χ0v) is 8.55. The van der Waals surface area contributed by atoms with E-state index in [0.29, 0.717) is 0 Å². The van der Waals surface area contributed by atoms with Gasteiger partial charge in [-0.15, -0.1) is 0 Å². The van der Waals surface area contributed by atoms with Gasteiger partial charge in [-0.05, 0) is 32.4 Å². The van der Waals surface area contributed by atoms with E-state index in [1.165, 1.54) is 16.5 Å². The average molecular weight is 174 g/mol. The molecule has 2 heterocycles. The third kappa shape index (κ3) is 1.05. The molecule has 0 aliphatic heterocycles. The lowest BCUT2D eigenvalue weighted by Crippen LogP contribution is -1.95.